The van der Waals surface area contributed by atoms with E-state index in [0.717, 1.165) is 59.5 Å². The molecule has 7 nitrogen and oxygen atoms in total. The van der Waals surface area contributed by atoms with Gasteiger partial charge in [-0.05, 0) is 53.1 Å². The minimum Gasteiger partial charge on any atom is -0.497 e. The van der Waals surface area contributed by atoms with Crippen molar-refractivity contribution >= 4 is 40.7 Å². The summed E-state index contributed by atoms with van der Waals surface area (Å²) in [6.07, 6.45) is 4.29. The van der Waals surface area contributed by atoms with Crippen molar-refractivity contribution in [3.63, 3.8) is 0 Å². The van der Waals surface area contributed by atoms with Crippen molar-refractivity contribution in [2.45, 2.75) is 37.9 Å². The van der Waals surface area contributed by atoms with Crippen LogP contribution < -0.4 is 15.0 Å². The van der Waals surface area contributed by atoms with E-state index in [-0.39, 0.29) is 29.4 Å². The third-order valence-electron chi connectivity index (χ3n) is 6.95. The molecule has 4 aromatic rings. The Hall–Kier alpha value is -3.56. The number of nitrogens with zero attached hydrogens (tertiary/aromatic N) is 3. The molecule has 208 valence electrons. The van der Waals surface area contributed by atoms with Crippen molar-refractivity contribution in [3.8, 4) is 22.7 Å². The molecule has 5 rings (SSSR count). The van der Waals surface area contributed by atoms with Gasteiger partial charge in [-0.3, -0.25) is 14.5 Å². The number of carbonyl (C=O) groups is 2. The molecule has 1 aliphatic heterocycles. The predicted octanol–water partition coefficient (Wildman–Crippen LogP) is 6.48. The number of thiophene rings is 1. The van der Waals surface area contributed by atoms with Gasteiger partial charge >= 0.3 is 0 Å². The highest BCUT2D eigenvalue weighted by Crippen LogP contribution is 2.48. The molecule has 0 aliphatic carbocycles. The van der Waals surface area contributed by atoms with Crippen molar-refractivity contribution in [1.29, 1.82) is 0 Å². The van der Waals surface area contributed by atoms with Crippen LogP contribution >= 0.6 is 23.1 Å². The summed E-state index contributed by atoms with van der Waals surface area (Å²) in [7, 11) is 1.63. The number of hydrogen-bond acceptors (Lipinski definition) is 6. The second-order valence-corrected chi connectivity index (χ2v) is 11.6. The summed E-state index contributed by atoms with van der Waals surface area (Å²) in [5.74, 6) is 1.34. The lowest BCUT2D eigenvalue weighted by molar-refractivity contribution is -0.122. The molecule has 1 atom stereocenters. The number of amides is 2. The van der Waals surface area contributed by atoms with Crippen molar-refractivity contribution in [1.82, 2.24) is 15.1 Å². The molecule has 2 aromatic heterocycles. The summed E-state index contributed by atoms with van der Waals surface area (Å²) in [6, 6.07) is 19.8. The largest absolute Gasteiger partial charge is 0.497 e. The molecule has 1 unspecified atom stereocenters. The Morgan fingerprint density at radius 3 is 2.58 bits per heavy atom. The smallest absolute Gasteiger partial charge is 0.240 e. The van der Waals surface area contributed by atoms with E-state index in [0.29, 0.717) is 12.4 Å². The van der Waals surface area contributed by atoms with E-state index in [2.05, 4.69) is 29.1 Å². The Bertz CT molecular complexity index is 1420. The SMILES string of the molecule is CCCCCCNC(=O)CN1C(=O)CSC(c2ccsc2)c2c(-c3ccccc3)nn(-c3ccc(OC)cc3)c21. The molecule has 0 saturated carbocycles. The summed E-state index contributed by atoms with van der Waals surface area (Å²) in [4.78, 5) is 28.5. The zero-order valence-electron chi connectivity index (χ0n) is 22.8. The second kappa shape index (κ2) is 13.2. The molecule has 0 radical (unpaired) electrons. The van der Waals surface area contributed by atoms with Crippen molar-refractivity contribution in [2.24, 2.45) is 0 Å². The molecule has 0 saturated heterocycles. The van der Waals surface area contributed by atoms with Gasteiger partial charge in [0.2, 0.25) is 11.8 Å². The number of anilines is 1. The van der Waals surface area contributed by atoms with Crippen LogP contribution in [0, 0.1) is 0 Å². The molecule has 9 heteroatoms. The fraction of sp³-hybridized carbons (Fsp3) is 0.323. The van der Waals surface area contributed by atoms with Gasteiger partial charge in [0, 0.05) is 17.7 Å². The summed E-state index contributed by atoms with van der Waals surface area (Å²) < 4.78 is 7.20. The highest BCUT2D eigenvalue weighted by atomic mass is 32.2. The maximum atomic E-state index is 13.7. The quantitative estimate of drug-likeness (QED) is 0.208. The highest BCUT2D eigenvalue weighted by molar-refractivity contribution is 8.00. The van der Waals surface area contributed by atoms with Gasteiger partial charge in [0.15, 0.2) is 0 Å². The number of hydrogen-bond donors (Lipinski definition) is 1. The molecule has 40 heavy (non-hydrogen) atoms. The van der Waals surface area contributed by atoms with Gasteiger partial charge < -0.3 is 10.1 Å². The van der Waals surface area contributed by atoms with Crippen molar-refractivity contribution < 1.29 is 14.3 Å². The first kappa shape index (κ1) is 28.0. The minimum atomic E-state index is -0.168. The summed E-state index contributed by atoms with van der Waals surface area (Å²) >= 11 is 3.22. The Morgan fingerprint density at radius 2 is 1.88 bits per heavy atom. The number of fused-ring (bicyclic) bond motifs is 1. The van der Waals surface area contributed by atoms with Crippen LogP contribution in [0.15, 0.2) is 71.4 Å². The number of ether oxygens (including phenoxy) is 1. The van der Waals surface area contributed by atoms with Crippen LogP contribution in [0.5, 0.6) is 5.75 Å². The normalized spacial score (nSPS) is 15.0. The van der Waals surface area contributed by atoms with E-state index in [4.69, 9.17) is 9.84 Å². The van der Waals surface area contributed by atoms with Crippen LogP contribution in [0.2, 0.25) is 0 Å². The van der Waals surface area contributed by atoms with E-state index in [1.54, 1.807) is 35.1 Å². The first-order chi connectivity index (χ1) is 19.6. The van der Waals surface area contributed by atoms with Crippen LogP contribution in [-0.4, -0.2) is 47.5 Å². The molecular weight excluding hydrogens is 541 g/mol. The van der Waals surface area contributed by atoms with Crippen LogP contribution in [0.3, 0.4) is 0 Å². The first-order valence-corrected chi connectivity index (χ1v) is 15.6. The third kappa shape index (κ3) is 6.10. The number of carbonyl (C=O) groups excluding carboxylic acids is 2. The van der Waals surface area contributed by atoms with Gasteiger partial charge in [-0.2, -0.15) is 16.4 Å². The molecule has 0 spiro atoms. The molecule has 1 aliphatic rings. The number of rotatable bonds is 11. The fourth-order valence-corrected chi connectivity index (χ4v) is 6.86. The average Bonchev–Trinajstić information content (AvgIpc) is 3.63. The van der Waals surface area contributed by atoms with Crippen molar-refractivity contribution in [2.75, 3.05) is 30.9 Å². The topological polar surface area (TPSA) is 76.5 Å². The van der Waals surface area contributed by atoms with Crippen LogP contribution in [0.25, 0.3) is 16.9 Å². The number of benzene rings is 2. The summed E-state index contributed by atoms with van der Waals surface area (Å²) in [5.41, 5.74) is 4.61. The van der Waals surface area contributed by atoms with Crippen LogP contribution in [-0.2, 0) is 9.59 Å². The molecule has 1 N–H and O–H groups in total. The maximum absolute atomic E-state index is 13.7. The Balaban J connectivity index is 1.63. The summed E-state index contributed by atoms with van der Waals surface area (Å²) in [5, 5.41) is 12.2. The van der Waals surface area contributed by atoms with E-state index in [1.807, 2.05) is 59.3 Å². The van der Waals surface area contributed by atoms with Gasteiger partial charge in [-0.1, -0.05) is 56.5 Å². The van der Waals surface area contributed by atoms with E-state index >= 15 is 0 Å². The lowest BCUT2D eigenvalue weighted by Crippen LogP contribution is -2.42. The zero-order valence-corrected chi connectivity index (χ0v) is 24.5. The van der Waals surface area contributed by atoms with Crippen molar-refractivity contribution in [3.05, 3.63) is 82.6 Å². The number of aromatic nitrogens is 2. The van der Waals surface area contributed by atoms with Gasteiger partial charge in [-0.25, -0.2) is 4.68 Å². The lowest BCUT2D eigenvalue weighted by atomic mass is 10.0. The monoisotopic (exact) mass is 574 g/mol. The molecule has 2 amide bonds. The van der Waals surface area contributed by atoms with Gasteiger partial charge in [0.25, 0.3) is 0 Å². The first-order valence-electron chi connectivity index (χ1n) is 13.6. The van der Waals surface area contributed by atoms with Crippen LogP contribution in [0.4, 0.5) is 5.82 Å². The van der Waals surface area contributed by atoms with Gasteiger partial charge in [0.05, 0.1) is 29.5 Å². The van der Waals surface area contributed by atoms with E-state index in [1.165, 1.54) is 0 Å². The standard InChI is InChI=1S/C31H34N4O3S2/c1-3-4-5-9-17-32-26(36)19-34-27(37)21-40-30(23-16-18-39-20-23)28-29(22-10-7-6-8-11-22)33-35(31(28)34)24-12-14-25(38-2)15-13-24/h6-8,10-16,18,20,30H,3-5,9,17,19,21H2,1-2H3,(H,32,36). The second-order valence-electron chi connectivity index (χ2n) is 9.70. The third-order valence-corrected chi connectivity index (χ3v) is 8.91. The van der Waals surface area contributed by atoms with Gasteiger partial charge in [-0.15, -0.1) is 11.8 Å². The van der Waals surface area contributed by atoms with E-state index in [9.17, 15) is 9.59 Å². The number of unbranched alkanes of at least 4 members (excludes halogenated alkanes) is 3. The maximum Gasteiger partial charge on any atom is 0.240 e. The molecule has 0 bridgehead atoms. The molecule has 2 aromatic carbocycles. The summed E-state index contributed by atoms with van der Waals surface area (Å²) in [6.45, 7) is 2.71. The molecular formula is C31H34N4O3S2. The lowest BCUT2D eigenvalue weighted by Gasteiger charge is -2.23. The fourth-order valence-electron chi connectivity index (χ4n) is 4.90. The van der Waals surface area contributed by atoms with Crippen LogP contribution in [0.1, 0.15) is 49.0 Å². The molecule has 0 fully saturated rings. The Morgan fingerprint density at radius 1 is 1.07 bits per heavy atom. The number of thioether (sulfide) groups is 1. The minimum absolute atomic E-state index is 0.0629. The Kier molecular flexibility index (Phi) is 9.23. The van der Waals surface area contributed by atoms with E-state index < -0.39 is 0 Å². The highest BCUT2D eigenvalue weighted by Gasteiger charge is 2.37. The number of methoxy groups -OCH3 is 1. The number of nitrogens with one attached hydrogen (secondary N) is 1. The zero-order chi connectivity index (χ0) is 27.9. The Labute approximate surface area is 243 Å². The van der Waals surface area contributed by atoms with Gasteiger partial charge in [0.1, 0.15) is 18.1 Å². The predicted molar refractivity (Wildman–Crippen MR) is 164 cm³/mol. The molecule has 3 heterocycles. The average molecular weight is 575 g/mol.